The van der Waals surface area contributed by atoms with Crippen LogP contribution in [0.3, 0.4) is 0 Å². The second-order valence-corrected chi connectivity index (χ2v) is 20.6. The van der Waals surface area contributed by atoms with E-state index in [0.29, 0.717) is 30.9 Å². The van der Waals surface area contributed by atoms with Gasteiger partial charge < -0.3 is 43.9 Å². The Labute approximate surface area is 411 Å². The first-order chi connectivity index (χ1) is 32.0. The number of methoxy groups -OCH3 is 1. The van der Waals surface area contributed by atoms with Crippen LogP contribution in [0.25, 0.3) is 0 Å². The number of esters is 2. The fraction of sp³-hybridized carbons (Fsp3) is 0.673. The standard InChI is InChI=1S/C52H83N5O12/c1-19-25-66-49(63)43(32(4)20-2)57(17)46(60)35(7)55(15)47(61)40(29-37-21-23-39(65-18)24-22-37)54-44(59)33(5)28-38-30-67-45(53-38)34(6)41(58)26-31(3)27-42(51(9,10)11)68-48(62)36(8)56(16)50(64)69-52(12,13)14/h19,21-24,28,31-32,34-36,38,40-43,58H,1,20,25-27,29-30H2,2-18H3,(H,54,59)/b33-28+/t31-,32-,34-,35-,36-,38-,40-,41-,42-,43-/m0/s1. The molecule has 0 unspecified atom stereocenters. The summed E-state index contributed by atoms with van der Waals surface area (Å²) in [5.74, 6) is -2.54. The monoisotopic (exact) mass is 970 g/mol. The first-order valence-corrected chi connectivity index (χ1v) is 24.0. The van der Waals surface area contributed by atoms with Gasteiger partial charge in [-0.3, -0.25) is 19.3 Å². The lowest BCUT2D eigenvalue weighted by Crippen LogP contribution is -2.57. The highest BCUT2D eigenvalue weighted by atomic mass is 16.6. The third kappa shape index (κ3) is 18.1. The first-order valence-electron chi connectivity index (χ1n) is 24.0. The first kappa shape index (κ1) is 59.7. The molecule has 17 heteroatoms. The van der Waals surface area contributed by atoms with Crippen molar-refractivity contribution in [3.63, 3.8) is 0 Å². The van der Waals surface area contributed by atoms with Gasteiger partial charge in [0.25, 0.3) is 0 Å². The van der Waals surface area contributed by atoms with E-state index in [2.05, 4.69) is 11.9 Å². The quantitative estimate of drug-likeness (QED) is 0.0491. The highest BCUT2D eigenvalue weighted by Crippen LogP contribution is 2.31. The van der Waals surface area contributed by atoms with Gasteiger partial charge >= 0.3 is 18.0 Å². The molecule has 1 aromatic rings. The Bertz CT molecular complexity index is 1970. The normalized spacial score (nSPS) is 18.0. The van der Waals surface area contributed by atoms with Crippen LogP contribution in [0.2, 0.25) is 0 Å². The molecule has 69 heavy (non-hydrogen) atoms. The molecule has 1 aliphatic rings. The average Bonchev–Trinajstić information content (AvgIpc) is 3.75. The number of nitrogens with one attached hydrogen (secondary N) is 1. The van der Waals surface area contributed by atoms with Gasteiger partial charge in [0.05, 0.1) is 19.1 Å². The minimum Gasteiger partial charge on any atom is -0.497 e. The Hall–Kier alpha value is -5.45. The van der Waals surface area contributed by atoms with Gasteiger partial charge in [0.2, 0.25) is 17.7 Å². The molecule has 1 heterocycles. The molecule has 0 aromatic heterocycles. The van der Waals surface area contributed by atoms with E-state index in [1.54, 1.807) is 79.0 Å². The summed E-state index contributed by atoms with van der Waals surface area (Å²) in [7, 11) is 6.04. The molecule has 0 fully saturated rings. The maximum atomic E-state index is 14.3. The largest absolute Gasteiger partial charge is 0.497 e. The van der Waals surface area contributed by atoms with E-state index in [0.717, 1.165) is 5.56 Å². The molecule has 2 N–H and O–H groups in total. The van der Waals surface area contributed by atoms with E-state index < -0.39 is 95.1 Å². The van der Waals surface area contributed by atoms with Crippen LogP contribution in [0.5, 0.6) is 5.75 Å². The van der Waals surface area contributed by atoms with Crippen LogP contribution >= 0.6 is 0 Å². The summed E-state index contributed by atoms with van der Waals surface area (Å²) in [6.07, 6.45) is 2.57. The number of likely N-dealkylation sites (N-methyl/N-ethyl adjacent to an activating group) is 3. The van der Waals surface area contributed by atoms with Crippen LogP contribution < -0.4 is 10.1 Å². The smallest absolute Gasteiger partial charge is 0.410 e. The third-order valence-corrected chi connectivity index (χ3v) is 12.6. The molecule has 4 amide bonds. The summed E-state index contributed by atoms with van der Waals surface area (Å²) in [5, 5.41) is 14.3. The van der Waals surface area contributed by atoms with Crippen LogP contribution in [0, 0.1) is 23.2 Å². The number of amides is 4. The molecule has 0 spiro atoms. The SMILES string of the molecule is C=CCOC(=O)[C@H]([C@@H](C)CC)N(C)C(=O)[C@H](C)N(C)C(=O)[C@H](Cc1ccc(OC)cc1)NC(=O)/C(C)=C/[C@H]1COC([C@@H](C)[C@@H](O)C[C@H](C)C[C@H](OC(=O)[C@H](C)N(C)C(=O)OC(C)(C)C)C(C)(C)C)=N1. The third-order valence-electron chi connectivity index (χ3n) is 12.6. The van der Waals surface area contributed by atoms with Crippen molar-refractivity contribution in [2.45, 2.75) is 164 Å². The van der Waals surface area contributed by atoms with Crippen molar-refractivity contribution in [2.75, 3.05) is 41.5 Å². The van der Waals surface area contributed by atoms with Crippen LogP contribution in [0.15, 0.2) is 53.6 Å². The highest BCUT2D eigenvalue weighted by Gasteiger charge is 2.39. The van der Waals surface area contributed by atoms with Crippen LogP contribution in [-0.4, -0.2) is 151 Å². The summed E-state index contributed by atoms with van der Waals surface area (Å²) in [5.41, 5.74) is -0.160. The number of nitrogens with zero attached hydrogens (tertiary/aromatic N) is 4. The lowest BCUT2D eigenvalue weighted by Gasteiger charge is -2.35. The number of aliphatic hydroxyl groups is 1. The Morgan fingerprint density at radius 1 is 0.899 bits per heavy atom. The summed E-state index contributed by atoms with van der Waals surface area (Å²) >= 11 is 0. The number of carbonyl (C=O) groups excluding carboxylic acids is 6. The van der Waals surface area contributed by atoms with Crippen molar-refractivity contribution in [3.05, 3.63) is 54.1 Å². The molecule has 0 saturated carbocycles. The van der Waals surface area contributed by atoms with E-state index in [1.807, 2.05) is 48.5 Å². The zero-order valence-corrected chi connectivity index (χ0v) is 44.4. The van der Waals surface area contributed by atoms with E-state index in [1.165, 1.54) is 41.9 Å². The van der Waals surface area contributed by atoms with Gasteiger partial charge in [-0.15, -0.1) is 0 Å². The molecular formula is C52H83N5O12. The zero-order chi connectivity index (χ0) is 52.7. The maximum absolute atomic E-state index is 14.3. The minimum atomic E-state index is -1.10. The Morgan fingerprint density at radius 3 is 2.04 bits per heavy atom. The molecule has 17 nitrogen and oxygen atoms in total. The van der Waals surface area contributed by atoms with E-state index >= 15 is 0 Å². The number of aliphatic imine (C=N–C) groups is 1. The summed E-state index contributed by atoms with van der Waals surface area (Å²) < 4.78 is 28.0. The zero-order valence-electron chi connectivity index (χ0n) is 44.4. The van der Waals surface area contributed by atoms with Gasteiger partial charge in [-0.05, 0) is 95.4 Å². The molecule has 0 saturated heterocycles. The number of ether oxygens (including phenoxy) is 5. The van der Waals surface area contributed by atoms with Crippen molar-refractivity contribution in [2.24, 2.45) is 28.2 Å². The predicted molar refractivity (Wildman–Crippen MR) is 265 cm³/mol. The fourth-order valence-electron chi connectivity index (χ4n) is 7.54. The summed E-state index contributed by atoms with van der Waals surface area (Å²) in [6, 6.07) is 2.64. The highest BCUT2D eigenvalue weighted by molar-refractivity contribution is 5.98. The van der Waals surface area contributed by atoms with Crippen molar-refractivity contribution in [1.82, 2.24) is 20.0 Å². The predicted octanol–water partition coefficient (Wildman–Crippen LogP) is 6.54. The van der Waals surface area contributed by atoms with Crippen molar-refractivity contribution in [3.8, 4) is 5.75 Å². The Balaban J connectivity index is 2.23. The number of carbonyl (C=O) groups is 6. The maximum Gasteiger partial charge on any atom is 0.410 e. The summed E-state index contributed by atoms with van der Waals surface area (Å²) in [4.78, 5) is 89.5. The summed E-state index contributed by atoms with van der Waals surface area (Å²) in [6.45, 7) is 27.2. The van der Waals surface area contributed by atoms with Crippen LogP contribution in [0.4, 0.5) is 4.79 Å². The van der Waals surface area contributed by atoms with Crippen molar-refractivity contribution in [1.29, 1.82) is 0 Å². The lowest BCUT2D eigenvalue weighted by atomic mass is 9.81. The molecule has 1 aliphatic heterocycles. The second-order valence-electron chi connectivity index (χ2n) is 20.6. The van der Waals surface area contributed by atoms with Gasteiger partial charge in [-0.25, -0.2) is 19.4 Å². The van der Waals surface area contributed by atoms with Gasteiger partial charge in [0, 0.05) is 33.1 Å². The molecule has 0 radical (unpaired) electrons. The molecule has 10 atom stereocenters. The number of aliphatic hydroxyl groups excluding tert-OH is 1. The van der Waals surface area contributed by atoms with Crippen LogP contribution in [-0.2, 0) is 49.3 Å². The van der Waals surface area contributed by atoms with Gasteiger partial charge in [-0.2, -0.15) is 0 Å². The number of hydrogen-bond acceptors (Lipinski definition) is 13. The fourth-order valence-corrected chi connectivity index (χ4v) is 7.54. The van der Waals surface area contributed by atoms with Crippen molar-refractivity contribution >= 4 is 41.7 Å². The number of benzene rings is 1. The van der Waals surface area contributed by atoms with E-state index in [-0.39, 0.29) is 37.0 Å². The Morgan fingerprint density at radius 2 is 1.51 bits per heavy atom. The lowest BCUT2D eigenvalue weighted by molar-refractivity contribution is -0.161. The van der Waals surface area contributed by atoms with Crippen LogP contribution in [0.1, 0.15) is 115 Å². The number of hydrogen-bond donors (Lipinski definition) is 2. The number of rotatable bonds is 24. The van der Waals surface area contributed by atoms with Gasteiger partial charge in [-0.1, -0.05) is 79.7 Å². The molecular weight excluding hydrogens is 887 g/mol. The van der Waals surface area contributed by atoms with Crippen molar-refractivity contribution < 1.29 is 57.6 Å². The molecule has 388 valence electrons. The second kappa shape index (κ2) is 26.5. The minimum absolute atomic E-state index is 0.00664. The topological polar surface area (TPSA) is 203 Å². The molecule has 0 aliphatic carbocycles. The molecule has 1 aromatic carbocycles. The van der Waals surface area contributed by atoms with Gasteiger partial charge in [0.1, 0.15) is 60.9 Å². The van der Waals surface area contributed by atoms with E-state index in [4.69, 9.17) is 28.7 Å². The molecule has 0 bridgehead atoms. The molecule has 2 rings (SSSR count). The van der Waals surface area contributed by atoms with Gasteiger partial charge in [0.15, 0.2) is 5.90 Å². The average molecular weight is 970 g/mol. The Kier molecular flexibility index (Phi) is 22.9. The van der Waals surface area contributed by atoms with E-state index in [9.17, 15) is 33.9 Å².